The van der Waals surface area contributed by atoms with Crippen LogP contribution in [0, 0.1) is 5.92 Å². The van der Waals surface area contributed by atoms with Crippen molar-refractivity contribution < 1.29 is 14.2 Å². The standard InChI is InChI=1S/C15H18FNO2.C2H6/c16-11-6-15(9-18)5-10-8-19-13-4-2-1-3-12(13)14(10)17(15)7-11;1-2/h1-4,10-11,14,18H,5-9H2;1-2H3. The predicted octanol–water partition coefficient (Wildman–Crippen LogP) is 2.94. The van der Waals surface area contributed by atoms with Gasteiger partial charge in [-0.05, 0) is 12.5 Å². The fraction of sp³-hybridized carbons (Fsp3) is 0.647. The summed E-state index contributed by atoms with van der Waals surface area (Å²) in [5.41, 5.74) is 0.790. The van der Waals surface area contributed by atoms with Crippen LogP contribution in [0.1, 0.15) is 38.3 Å². The third-order valence-corrected chi connectivity index (χ3v) is 5.01. The molecule has 0 bridgehead atoms. The summed E-state index contributed by atoms with van der Waals surface area (Å²) >= 11 is 0. The van der Waals surface area contributed by atoms with Crippen LogP contribution in [0.5, 0.6) is 5.75 Å². The minimum Gasteiger partial charge on any atom is -0.493 e. The van der Waals surface area contributed by atoms with Crippen molar-refractivity contribution >= 4 is 0 Å². The first-order chi connectivity index (χ1) is 10.2. The van der Waals surface area contributed by atoms with E-state index >= 15 is 0 Å². The smallest absolute Gasteiger partial charge is 0.124 e. The van der Waals surface area contributed by atoms with Gasteiger partial charge in [0.2, 0.25) is 0 Å². The van der Waals surface area contributed by atoms with Crippen LogP contribution in [0.2, 0.25) is 0 Å². The minimum absolute atomic E-state index is 0.0442. The zero-order valence-corrected chi connectivity index (χ0v) is 12.8. The molecule has 4 unspecified atom stereocenters. The molecule has 2 fully saturated rings. The summed E-state index contributed by atoms with van der Waals surface area (Å²) in [7, 11) is 0. The normalized spacial score (nSPS) is 36.9. The zero-order valence-electron chi connectivity index (χ0n) is 12.8. The van der Waals surface area contributed by atoms with Gasteiger partial charge in [0.25, 0.3) is 0 Å². The van der Waals surface area contributed by atoms with E-state index in [2.05, 4.69) is 11.0 Å². The van der Waals surface area contributed by atoms with E-state index in [9.17, 15) is 9.50 Å². The summed E-state index contributed by atoms with van der Waals surface area (Å²) in [5.74, 6) is 1.29. The first-order valence-corrected chi connectivity index (χ1v) is 7.97. The highest BCUT2D eigenvalue weighted by atomic mass is 19.1. The summed E-state index contributed by atoms with van der Waals surface area (Å²) in [6.45, 7) is 5.16. The molecule has 0 spiro atoms. The molecule has 4 heteroatoms. The lowest BCUT2D eigenvalue weighted by atomic mass is 9.86. The molecule has 2 saturated heterocycles. The molecule has 4 atom stereocenters. The van der Waals surface area contributed by atoms with Gasteiger partial charge in [0, 0.05) is 36.0 Å². The molecule has 3 aliphatic heterocycles. The molecule has 3 nitrogen and oxygen atoms in total. The molecule has 0 aliphatic carbocycles. The lowest BCUT2D eigenvalue weighted by Crippen LogP contribution is -2.42. The van der Waals surface area contributed by atoms with Gasteiger partial charge in [0.1, 0.15) is 11.9 Å². The van der Waals surface area contributed by atoms with Crippen molar-refractivity contribution in [2.75, 3.05) is 19.8 Å². The number of halogens is 1. The molecule has 1 aromatic rings. The lowest BCUT2D eigenvalue weighted by Gasteiger charge is -2.35. The molecule has 4 rings (SSSR count). The molecular formula is C17H24FNO2. The molecule has 1 aromatic carbocycles. The van der Waals surface area contributed by atoms with Crippen molar-refractivity contribution in [1.82, 2.24) is 4.90 Å². The van der Waals surface area contributed by atoms with E-state index in [1.54, 1.807) is 0 Å². The van der Waals surface area contributed by atoms with E-state index in [4.69, 9.17) is 4.74 Å². The second kappa shape index (κ2) is 5.58. The number of hydrogen-bond acceptors (Lipinski definition) is 3. The van der Waals surface area contributed by atoms with Gasteiger partial charge >= 0.3 is 0 Å². The fourth-order valence-electron chi connectivity index (χ4n) is 4.31. The van der Waals surface area contributed by atoms with Crippen molar-refractivity contribution in [1.29, 1.82) is 0 Å². The van der Waals surface area contributed by atoms with Gasteiger partial charge in [-0.2, -0.15) is 0 Å². The van der Waals surface area contributed by atoms with Crippen molar-refractivity contribution in [2.24, 2.45) is 5.92 Å². The highest BCUT2D eigenvalue weighted by Gasteiger charge is 2.58. The maximum atomic E-state index is 13.8. The number of rotatable bonds is 1. The van der Waals surface area contributed by atoms with Gasteiger partial charge < -0.3 is 9.84 Å². The number of aliphatic hydroxyl groups is 1. The lowest BCUT2D eigenvalue weighted by molar-refractivity contribution is 0.0719. The topological polar surface area (TPSA) is 32.7 Å². The molecule has 0 amide bonds. The number of alkyl halides is 1. The Kier molecular flexibility index (Phi) is 3.93. The summed E-state index contributed by atoms with van der Waals surface area (Å²) < 4.78 is 19.6. The quantitative estimate of drug-likeness (QED) is 0.864. The maximum absolute atomic E-state index is 13.8. The number of nitrogens with zero attached hydrogens (tertiary/aromatic N) is 1. The molecular weight excluding hydrogens is 269 g/mol. The SMILES string of the molecule is CC.OCC12CC(F)CN1C1c3ccccc3OCC1C2. The molecule has 116 valence electrons. The first kappa shape index (κ1) is 14.8. The third kappa shape index (κ3) is 2.16. The average molecular weight is 293 g/mol. The molecule has 3 heterocycles. The van der Waals surface area contributed by atoms with Crippen LogP contribution in [0.3, 0.4) is 0 Å². The van der Waals surface area contributed by atoms with Gasteiger partial charge in [0.05, 0.1) is 13.2 Å². The van der Waals surface area contributed by atoms with Crippen molar-refractivity contribution in [3.8, 4) is 5.75 Å². The largest absolute Gasteiger partial charge is 0.493 e. The van der Waals surface area contributed by atoms with Crippen LogP contribution < -0.4 is 4.74 Å². The molecule has 0 saturated carbocycles. The van der Waals surface area contributed by atoms with Gasteiger partial charge in [0.15, 0.2) is 0 Å². The van der Waals surface area contributed by atoms with E-state index < -0.39 is 6.17 Å². The number of hydrogen-bond donors (Lipinski definition) is 1. The Balaban J connectivity index is 0.000000636. The van der Waals surface area contributed by atoms with Crippen molar-refractivity contribution in [3.05, 3.63) is 29.8 Å². The van der Waals surface area contributed by atoms with Crippen LogP contribution in [0.25, 0.3) is 0 Å². The summed E-state index contributed by atoms with van der Waals surface area (Å²) in [4.78, 5) is 2.20. The van der Waals surface area contributed by atoms with Gasteiger partial charge in [-0.15, -0.1) is 0 Å². The molecule has 0 aromatic heterocycles. The monoisotopic (exact) mass is 293 g/mol. The zero-order chi connectivity index (χ0) is 15.0. The Morgan fingerprint density at radius 3 is 2.86 bits per heavy atom. The van der Waals surface area contributed by atoms with Gasteiger partial charge in [-0.3, -0.25) is 4.90 Å². The van der Waals surface area contributed by atoms with E-state index in [-0.39, 0.29) is 18.2 Å². The summed E-state index contributed by atoms with van der Waals surface area (Å²) in [6, 6.07) is 8.23. The van der Waals surface area contributed by atoms with E-state index in [0.29, 0.717) is 25.5 Å². The predicted molar refractivity (Wildman–Crippen MR) is 80.2 cm³/mol. The van der Waals surface area contributed by atoms with Crippen LogP contribution >= 0.6 is 0 Å². The highest BCUT2D eigenvalue weighted by molar-refractivity contribution is 5.40. The maximum Gasteiger partial charge on any atom is 0.124 e. The second-order valence-electron chi connectivity index (χ2n) is 6.09. The van der Waals surface area contributed by atoms with E-state index in [1.165, 1.54) is 0 Å². The highest BCUT2D eigenvalue weighted by Crippen LogP contribution is 2.55. The molecule has 21 heavy (non-hydrogen) atoms. The van der Waals surface area contributed by atoms with E-state index in [0.717, 1.165) is 17.7 Å². The number of aliphatic hydroxyl groups excluding tert-OH is 1. The Labute approximate surface area is 125 Å². The van der Waals surface area contributed by atoms with Crippen molar-refractivity contribution in [3.63, 3.8) is 0 Å². The van der Waals surface area contributed by atoms with Crippen LogP contribution in [-0.2, 0) is 0 Å². The molecule has 3 aliphatic rings. The van der Waals surface area contributed by atoms with E-state index in [1.807, 2.05) is 32.0 Å². The van der Waals surface area contributed by atoms with Crippen LogP contribution in [0.15, 0.2) is 24.3 Å². The fourth-order valence-corrected chi connectivity index (χ4v) is 4.31. The second-order valence-corrected chi connectivity index (χ2v) is 6.09. The third-order valence-electron chi connectivity index (χ3n) is 5.01. The molecule has 0 radical (unpaired) electrons. The number of para-hydroxylation sites is 1. The summed E-state index contributed by atoms with van der Waals surface area (Å²) in [6.07, 6.45) is 0.477. The van der Waals surface area contributed by atoms with Crippen molar-refractivity contribution in [2.45, 2.75) is 44.4 Å². The Bertz CT molecular complexity index is 509. The summed E-state index contributed by atoms with van der Waals surface area (Å²) in [5, 5.41) is 9.79. The average Bonchev–Trinajstić information content (AvgIpc) is 3.00. The first-order valence-electron chi connectivity index (χ1n) is 7.97. The molecule has 1 N–H and O–H groups in total. The van der Waals surface area contributed by atoms with Gasteiger partial charge in [-0.1, -0.05) is 32.0 Å². The number of ether oxygens (including phenoxy) is 1. The number of benzene rings is 1. The number of fused-ring (bicyclic) bond motifs is 5. The Hall–Kier alpha value is -1.13. The van der Waals surface area contributed by atoms with Crippen LogP contribution in [0.4, 0.5) is 4.39 Å². The minimum atomic E-state index is -0.817. The Morgan fingerprint density at radius 1 is 1.33 bits per heavy atom. The van der Waals surface area contributed by atoms with Gasteiger partial charge in [-0.25, -0.2) is 4.39 Å². The van der Waals surface area contributed by atoms with Crippen LogP contribution in [-0.4, -0.2) is 41.5 Å². The Morgan fingerprint density at radius 2 is 2.10 bits per heavy atom.